The maximum Gasteiger partial charge on any atom is 0.0113 e. The van der Waals surface area contributed by atoms with Gasteiger partial charge in [-0.25, -0.2) is 0 Å². The molecule has 0 aromatic carbocycles. The minimum Gasteiger partial charge on any atom is -0.314 e. The van der Waals surface area contributed by atoms with Crippen molar-refractivity contribution in [2.24, 2.45) is 5.92 Å². The van der Waals surface area contributed by atoms with Crippen LogP contribution in [0.1, 0.15) is 84.5 Å². The van der Waals surface area contributed by atoms with Crippen LogP contribution >= 0.6 is 0 Å². The van der Waals surface area contributed by atoms with Crippen molar-refractivity contribution in [3.05, 3.63) is 0 Å². The third-order valence-corrected chi connectivity index (χ3v) is 5.43. The highest BCUT2D eigenvalue weighted by molar-refractivity contribution is 4.93. The van der Waals surface area contributed by atoms with Crippen molar-refractivity contribution in [3.8, 4) is 0 Å². The smallest absolute Gasteiger partial charge is 0.0113 e. The van der Waals surface area contributed by atoms with Crippen LogP contribution < -0.4 is 10.6 Å². The van der Waals surface area contributed by atoms with Gasteiger partial charge in [-0.15, -0.1) is 0 Å². The van der Waals surface area contributed by atoms with Gasteiger partial charge in [0.2, 0.25) is 0 Å². The van der Waals surface area contributed by atoms with Crippen LogP contribution in [0.3, 0.4) is 0 Å². The summed E-state index contributed by atoms with van der Waals surface area (Å²) in [5.74, 6) is 0.899. The number of piperidine rings is 1. The van der Waals surface area contributed by atoms with E-state index in [1.807, 2.05) is 0 Å². The lowest BCUT2D eigenvalue weighted by atomic mass is 9.87. The van der Waals surface area contributed by atoms with E-state index in [2.05, 4.69) is 24.5 Å². The summed E-state index contributed by atoms with van der Waals surface area (Å²) in [6.07, 6.45) is 15.3. The Kier molecular flexibility index (Phi) is 7.37. The lowest BCUT2D eigenvalue weighted by Gasteiger charge is -2.35. The highest BCUT2D eigenvalue weighted by Crippen LogP contribution is 2.32. The van der Waals surface area contributed by atoms with E-state index in [4.69, 9.17) is 0 Å². The minimum absolute atomic E-state index is 0.772. The van der Waals surface area contributed by atoms with Crippen LogP contribution in [-0.2, 0) is 0 Å². The van der Waals surface area contributed by atoms with Gasteiger partial charge in [-0.05, 0) is 51.0 Å². The summed E-state index contributed by atoms with van der Waals surface area (Å²) in [7, 11) is 0. The minimum atomic E-state index is 0.772. The number of rotatable bonds is 8. The number of hydrogen-bond donors (Lipinski definition) is 2. The van der Waals surface area contributed by atoms with Crippen LogP contribution in [0.2, 0.25) is 0 Å². The van der Waals surface area contributed by atoms with E-state index >= 15 is 0 Å². The summed E-state index contributed by atoms with van der Waals surface area (Å²) in [5, 5.41) is 7.86. The second kappa shape index (κ2) is 9.04. The molecular formula is C18H36N2. The standard InChI is InChI=1S/C18H36N2/c1-3-5-10-15(9-4-2)20-18-13-8-11-16(18)17-12-6-7-14-19-17/h15-20H,3-14H2,1-2H3. The third kappa shape index (κ3) is 4.73. The topological polar surface area (TPSA) is 24.1 Å². The number of unbranched alkanes of at least 4 members (excludes halogenated alkanes) is 1. The fraction of sp³-hybridized carbons (Fsp3) is 1.00. The molecule has 0 spiro atoms. The zero-order valence-electron chi connectivity index (χ0n) is 13.8. The van der Waals surface area contributed by atoms with Crippen LogP contribution in [0.15, 0.2) is 0 Å². The van der Waals surface area contributed by atoms with Crippen molar-refractivity contribution in [2.75, 3.05) is 6.54 Å². The Labute approximate surface area is 126 Å². The van der Waals surface area contributed by atoms with Crippen molar-refractivity contribution in [1.82, 2.24) is 10.6 Å². The largest absolute Gasteiger partial charge is 0.314 e. The maximum atomic E-state index is 4.06. The van der Waals surface area contributed by atoms with Gasteiger partial charge < -0.3 is 10.6 Å². The molecule has 0 aromatic rings. The molecule has 2 fully saturated rings. The Hall–Kier alpha value is -0.0800. The number of hydrogen-bond acceptors (Lipinski definition) is 2. The van der Waals surface area contributed by atoms with Gasteiger partial charge in [0.15, 0.2) is 0 Å². The Morgan fingerprint density at radius 2 is 1.90 bits per heavy atom. The predicted octanol–water partition coefficient (Wildman–Crippen LogP) is 4.25. The molecule has 1 saturated heterocycles. The molecule has 0 amide bonds. The van der Waals surface area contributed by atoms with Crippen molar-refractivity contribution in [3.63, 3.8) is 0 Å². The molecule has 0 radical (unpaired) electrons. The average molecular weight is 280 g/mol. The normalized spacial score (nSPS) is 32.4. The van der Waals surface area contributed by atoms with Gasteiger partial charge in [0.1, 0.15) is 0 Å². The highest BCUT2D eigenvalue weighted by Gasteiger charge is 2.34. The SMILES string of the molecule is CCCCC(CCC)NC1CCCC1C1CCCCN1. The molecule has 2 aliphatic rings. The second-order valence-electron chi connectivity index (χ2n) is 7.05. The number of nitrogens with one attached hydrogen (secondary N) is 2. The van der Waals surface area contributed by atoms with E-state index in [0.717, 1.165) is 24.0 Å². The Morgan fingerprint density at radius 3 is 2.60 bits per heavy atom. The van der Waals surface area contributed by atoms with Gasteiger partial charge in [0.25, 0.3) is 0 Å². The molecule has 118 valence electrons. The summed E-state index contributed by atoms with van der Waals surface area (Å²) in [6.45, 7) is 5.89. The molecule has 4 atom stereocenters. The van der Waals surface area contributed by atoms with Crippen molar-refractivity contribution in [1.29, 1.82) is 0 Å². The van der Waals surface area contributed by atoms with E-state index in [0.29, 0.717) is 0 Å². The summed E-state index contributed by atoms with van der Waals surface area (Å²) < 4.78 is 0. The molecule has 1 saturated carbocycles. The van der Waals surface area contributed by atoms with Gasteiger partial charge in [-0.2, -0.15) is 0 Å². The summed E-state index contributed by atoms with van der Waals surface area (Å²) >= 11 is 0. The molecule has 1 aliphatic heterocycles. The van der Waals surface area contributed by atoms with Gasteiger partial charge in [-0.3, -0.25) is 0 Å². The fourth-order valence-electron chi connectivity index (χ4n) is 4.33. The molecule has 4 unspecified atom stereocenters. The van der Waals surface area contributed by atoms with Crippen LogP contribution in [0.4, 0.5) is 0 Å². The first kappa shape index (κ1) is 16.3. The monoisotopic (exact) mass is 280 g/mol. The van der Waals surface area contributed by atoms with Crippen molar-refractivity contribution < 1.29 is 0 Å². The molecule has 1 aliphatic carbocycles. The van der Waals surface area contributed by atoms with Gasteiger partial charge in [-0.1, -0.05) is 46.0 Å². The van der Waals surface area contributed by atoms with Crippen LogP contribution in [0.25, 0.3) is 0 Å². The molecule has 2 nitrogen and oxygen atoms in total. The Bertz CT molecular complexity index is 248. The van der Waals surface area contributed by atoms with Crippen LogP contribution in [-0.4, -0.2) is 24.7 Å². The second-order valence-corrected chi connectivity index (χ2v) is 7.05. The summed E-state index contributed by atoms with van der Waals surface area (Å²) in [4.78, 5) is 0. The first-order valence-corrected chi connectivity index (χ1v) is 9.34. The third-order valence-electron chi connectivity index (χ3n) is 5.43. The lowest BCUT2D eigenvalue weighted by Crippen LogP contribution is -2.49. The zero-order valence-corrected chi connectivity index (χ0v) is 13.8. The first-order valence-electron chi connectivity index (χ1n) is 9.34. The quantitative estimate of drug-likeness (QED) is 0.694. The summed E-state index contributed by atoms with van der Waals surface area (Å²) in [6, 6.07) is 2.37. The van der Waals surface area contributed by atoms with E-state index < -0.39 is 0 Å². The predicted molar refractivity (Wildman–Crippen MR) is 88.1 cm³/mol. The van der Waals surface area contributed by atoms with Crippen LogP contribution in [0.5, 0.6) is 0 Å². The van der Waals surface area contributed by atoms with Gasteiger partial charge >= 0.3 is 0 Å². The van der Waals surface area contributed by atoms with E-state index in [-0.39, 0.29) is 0 Å². The molecule has 0 aromatic heterocycles. The summed E-state index contributed by atoms with van der Waals surface area (Å²) in [5.41, 5.74) is 0. The fourth-order valence-corrected chi connectivity index (χ4v) is 4.33. The zero-order chi connectivity index (χ0) is 14.2. The Morgan fingerprint density at radius 1 is 1.00 bits per heavy atom. The van der Waals surface area contributed by atoms with E-state index in [9.17, 15) is 0 Å². The Balaban J connectivity index is 1.84. The molecule has 2 N–H and O–H groups in total. The molecule has 2 rings (SSSR count). The van der Waals surface area contributed by atoms with Gasteiger partial charge in [0.05, 0.1) is 0 Å². The highest BCUT2D eigenvalue weighted by atomic mass is 15.0. The lowest BCUT2D eigenvalue weighted by molar-refractivity contribution is 0.239. The van der Waals surface area contributed by atoms with E-state index in [1.54, 1.807) is 0 Å². The van der Waals surface area contributed by atoms with Crippen molar-refractivity contribution in [2.45, 2.75) is 103 Å². The average Bonchev–Trinajstić information content (AvgIpc) is 2.94. The molecular weight excluding hydrogens is 244 g/mol. The van der Waals surface area contributed by atoms with E-state index in [1.165, 1.54) is 77.2 Å². The van der Waals surface area contributed by atoms with Gasteiger partial charge in [0, 0.05) is 18.1 Å². The maximum absolute atomic E-state index is 4.06. The molecule has 2 heteroatoms. The van der Waals surface area contributed by atoms with Crippen molar-refractivity contribution >= 4 is 0 Å². The molecule has 0 bridgehead atoms. The molecule has 20 heavy (non-hydrogen) atoms. The molecule has 1 heterocycles. The first-order chi connectivity index (χ1) is 9.85. The van der Waals surface area contributed by atoms with Crippen LogP contribution in [0, 0.1) is 5.92 Å².